The third-order valence-corrected chi connectivity index (χ3v) is 3.72. The van der Waals surface area contributed by atoms with E-state index in [0.717, 1.165) is 12.2 Å². The predicted molar refractivity (Wildman–Crippen MR) is 59.3 cm³/mol. The highest BCUT2D eigenvalue weighted by atomic mass is 32.2. The summed E-state index contributed by atoms with van der Waals surface area (Å²) < 4.78 is 9.89. The molecule has 0 bridgehead atoms. The molecule has 16 heavy (non-hydrogen) atoms. The molecular weight excluding hydrogens is 228 g/mol. The molecule has 0 radical (unpaired) electrons. The van der Waals surface area contributed by atoms with E-state index >= 15 is 0 Å². The molecular formula is C10H14N2O3S. The quantitative estimate of drug-likeness (QED) is 0.757. The lowest BCUT2D eigenvalue weighted by Crippen LogP contribution is -2.07. The molecule has 0 aromatic carbocycles. The van der Waals surface area contributed by atoms with Gasteiger partial charge in [0.15, 0.2) is 0 Å². The van der Waals surface area contributed by atoms with Gasteiger partial charge in [0.25, 0.3) is 5.82 Å². The van der Waals surface area contributed by atoms with Crippen LogP contribution in [0.4, 0.5) is 0 Å². The lowest BCUT2D eigenvalue weighted by atomic mass is 10.2. The third-order valence-electron chi connectivity index (χ3n) is 2.35. The van der Waals surface area contributed by atoms with Gasteiger partial charge in [0.2, 0.25) is 5.89 Å². The highest BCUT2D eigenvalue weighted by molar-refractivity contribution is 7.99. The fourth-order valence-corrected chi connectivity index (χ4v) is 2.81. The minimum Gasteiger partial charge on any atom is -0.460 e. The van der Waals surface area contributed by atoms with Crippen LogP contribution in [0.1, 0.15) is 47.9 Å². The maximum Gasteiger partial charge on any atom is 0.379 e. The van der Waals surface area contributed by atoms with Gasteiger partial charge < -0.3 is 9.26 Å². The third kappa shape index (κ3) is 2.55. The van der Waals surface area contributed by atoms with Crippen LogP contribution < -0.4 is 0 Å². The number of aromatic nitrogens is 2. The molecule has 2 rings (SSSR count). The van der Waals surface area contributed by atoms with Crippen LogP contribution in [0.3, 0.4) is 0 Å². The first kappa shape index (κ1) is 11.4. The Morgan fingerprint density at radius 3 is 3.19 bits per heavy atom. The predicted octanol–water partition coefficient (Wildman–Crippen LogP) is 2.20. The highest BCUT2D eigenvalue weighted by Gasteiger charge is 2.24. The largest absolute Gasteiger partial charge is 0.460 e. The first-order valence-corrected chi connectivity index (χ1v) is 6.48. The van der Waals surface area contributed by atoms with Gasteiger partial charge in [0.1, 0.15) is 0 Å². The van der Waals surface area contributed by atoms with E-state index in [2.05, 4.69) is 10.1 Å². The fourth-order valence-electron chi connectivity index (χ4n) is 1.58. The molecule has 1 aliphatic heterocycles. The molecule has 5 nitrogen and oxygen atoms in total. The maximum absolute atomic E-state index is 11.3. The molecule has 0 aliphatic carbocycles. The average molecular weight is 242 g/mol. The summed E-state index contributed by atoms with van der Waals surface area (Å²) in [5.74, 6) is 1.18. The minimum atomic E-state index is -0.515. The molecule has 0 N–H and O–H groups in total. The van der Waals surface area contributed by atoms with Gasteiger partial charge in [-0.15, -0.1) is 11.8 Å². The number of hydrogen-bond acceptors (Lipinski definition) is 6. The Morgan fingerprint density at radius 1 is 1.62 bits per heavy atom. The number of esters is 1. The van der Waals surface area contributed by atoms with E-state index in [1.807, 2.05) is 0 Å². The first-order valence-electron chi connectivity index (χ1n) is 5.43. The van der Waals surface area contributed by atoms with Crippen molar-refractivity contribution in [3.05, 3.63) is 11.7 Å². The van der Waals surface area contributed by atoms with Crippen LogP contribution in [0.5, 0.6) is 0 Å². The van der Waals surface area contributed by atoms with Crippen LogP contribution in [-0.2, 0) is 4.74 Å². The summed E-state index contributed by atoms with van der Waals surface area (Å²) >= 11 is 1.81. The van der Waals surface area contributed by atoms with Crippen molar-refractivity contribution in [2.24, 2.45) is 0 Å². The number of nitrogens with zero attached hydrogens (tertiary/aromatic N) is 2. The maximum atomic E-state index is 11.3. The summed E-state index contributed by atoms with van der Waals surface area (Å²) in [4.78, 5) is 15.4. The minimum absolute atomic E-state index is 0.0306. The summed E-state index contributed by atoms with van der Waals surface area (Å²) in [7, 11) is 0. The number of hydrogen-bond donors (Lipinski definition) is 0. The Balaban J connectivity index is 2.03. The van der Waals surface area contributed by atoms with Crippen LogP contribution in [-0.4, -0.2) is 28.5 Å². The van der Waals surface area contributed by atoms with Gasteiger partial charge in [-0.25, -0.2) is 4.79 Å². The van der Waals surface area contributed by atoms with Crippen molar-refractivity contribution < 1.29 is 14.1 Å². The van der Waals surface area contributed by atoms with E-state index in [1.165, 1.54) is 12.8 Å². The molecule has 2 heterocycles. The summed E-state index contributed by atoms with van der Waals surface area (Å²) in [6.45, 7) is 2.07. The van der Waals surface area contributed by atoms with E-state index in [9.17, 15) is 4.79 Å². The fraction of sp³-hybridized carbons (Fsp3) is 0.700. The molecule has 0 spiro atoms. The van der Waals surface area contributed by atoms with E-state index in [-0.39, 0.29) is 11.1 Å². The molecule has 1 saturated heterocycles. The van der Waals surface area contributed by atoms with Gasteiger partial charge in [-0.1, -0.05) is 6.42 Å². The van der Waals surface area contributed by atoms with Crippen molar-refractivity contribution in [3.8, 4) is 0 Å². The van der Waals surface area contributed by atoms with Crippen LogP contribution in [0.15, 0.2) is 4.52 Å². The summed E-state index contributed by atoms with van der Waals surface area (Å²) in [6.07, 6.45) is 3.45. The zero-order valence-corrected chi connectivity index (χ0v) is 9.96. The van der Waals surface area contributed by atoms with Crippen molar-refractivity contribution in [1.82, 2.24) is 10.1 Å². The summed E-state index contributed by atoms with van der Waals surface area (Å²) in [5.41, 5.74) is 0. The lowest BCUT2D eigenvalue weighted by molar-refractivity contribution is 0.0508. The van der Waals surface area contributed by atoms with Crippen molar-refractivity contribution in [2.75, 3.05) is 12.4 Å². The van der Waals surface area contributed by atoms with Crippen molar-refractivity contribution >= 4 is 17.7 Å². The van der Waals surface area contributed by atoms with Crippen LogP contribution in [0, 0.1) is 0 Å². The topological polar surface area (TPSA) is 65.2 Å². The molecule has 1 aromatic rings. The van der Waals surface area contributed by atoms with Crippen LogP contribution in [0.2, 0.25) is 0 Å². The number of thioether (sulfide) groups is 1. The van der Waals surface area contributed by atoms with E-state index in [1.54, 1.807) is 18.7 Å². The second kappa shape index (κ2) is 5.34. The molecule has 1 aromatic heterocycles. The molecule has 1 aliphatic rings. The van der Waals surface area contributed by atoms with Crippen molar-refractivity contribution in [1.29, 1.82) is 0 Å². The van der Waals surface area contributed by atoms with E-state index in [4.69, 9.17) is 9.26 Å². The van der Waals surface area contributed by atoms with Gasteiger partial charge in [0, 0.05) is 0 Å². The number of carbonyl (C=O) groups is 1. The monoisotopic (exact) mass is 242 g/mol. The van der Waals surface area contributed by atoms with Crippen LogP contribution in [0.25, 0.3) is 0 Å². The summed E-state index contributed by atoms with van der Waals surface area (Å²) in [5, 5.41) is 3.88. The van der Waals surface area contributed by atoms with Gasteiger partial charge in [0.05, 0.1) is 11.9 Å². The highest BCUT2D eigenvalue weighted by Crippen LogP contribution is 2.37. The zero-order valence-electron chi connectivity index (χ0n) is 9.14. The second-order valence-electron chi connectivity index (χ2n) is 3.53. The SMILES string of the molecule is CCOC(=O)c1noc(C2CCCCS2)n1. The smallest absolute Gasteiger partial charge is 0.379 e. The summed E-state index contributed by atoms with van der Waals surface area (Å²) in [6, 6.07) is 0. The first-order chi connectivity index (χ1) is 7.81. The molecule has 0 saturated carbocycles. The molecule has 1 fully saturated rings. The molecule has 6 heteroatoms. The number of rotatable bonds is 3. The molecule has 1 unspecified atom stereocenters. The zero-order chi connectivity index (χ0) is 11.4. The lowest BCUT2D eigenvalue weighted by Gasteiger charge is -2.16. The van der Waals surface area contributed by atoms with Crippen molar-refractivity contribution in [3.63, 3.8) is 0 Å². The molecule has 1 atom stereocenters. The van der Waals surface area contributed by atoms with Crippen molar-refractivity contribution in [2.45, 2.75) is 31.4 Å². The molecule has 88 valence electrons. The van der Waals surface area contributed by atoms with Gasteiger partial charge in [-0.05, 0) is 30.7 Å². The Hall–Kier alpha value is -1.04. The van der Waals surface area contributed by atoms with Gasteiger partial charge in [-0.2, -0.15) is 4.98 Å². The van der Waals surface area contributed by atoms with Gasteiger partial charge >= 0.3 is 5.97 Å². The molecule has 0 amide bonds. The van der Waals surface area contributed by atoms with E-state index < -0.39 is 5.97 Å². The second-order valence-corrected chi connectivity index (χ2v) is 4.84. The Morgan fingerprint density at radius 2 is 2.50 bits per heavy atom. The van der Waals surface area contributed by atoms with Crippen LogP contribution >= 0.6 is 11.8 Å². The van der Waals surface area contributed by atoms with E-state index in [0.29, 0.717) is 12.5 Å². The average Bonchev–Trinajstić information content (AvgIpc) is 2.80. The number of ether oxygens (including phenoxy) is 1. The number of carbonyl (C=O) groups excluding carboxylic acids is 1. The Bertz CT molecular complexity index is 361. The Labute approximate surface area is 97.9 Å². The van der Waals surface area contributed by atoms with Gasteiger partial charge in [-0.3, -0.25) is 0 Å². The normalized spacial score (nSPS) is 20.7. The standard InChI is InChI=1S/C10H14N2O3S/c1-2-14-10(13)8-11-9(15-12-8)7-5-3-4-6-16-7/h7H,2-6H2,1H3. The Kier molecular flexibility index (Phi) is 3.82.